The molecule has 0 bridgehead atoms. The van der Waals surface area contributed by atoms with Crippen LogP contribution in [0.2, 0.25) is 5.02 Å². The number of nitrogens with zero attached hydrogens (tertiary/aromatic N) is 1. The summed E-state index contributed by atoms with van der Waals surface area (Å²) in [7, 11) is 0. The number of nitriles is 1. The van der Waals surface area contributed by atoms with Crippen LogP contribution < -0.4 is 5.32 Å². The van der Waals surface area contributed by atoms with Crippen LogP contribution in [-0.2, 0) is 0 Å². The van der Waals surface area contributed by atoms with Gasteiger partial charge in [0.15, 0.2) is 0 Å². The van der Waals surface area contributed by atoms with E-state index < -0.39 is 0 Å². The molecule has 0 spiro atoms. The highest BCUT2D eigenvalue weighted by molar-refractivity contribution is 6.33. The standard InChI is InChI=1S/C16H14ClFN2/c1-10-3-5-13(8-15(10)18)11(2)20-16-7-12(9-19)4-6-14(16)17/h3-8,11,20H,1-2H3. The maximum absolute atomic E-state index is 13.6. The van der Waals surface area contributed by atoms with Crippen molar-refractivity contribution in [3.05, 3.63) is 63.9 Å². The van der Waals surface area contributed by atoms with Crippen molar-refractivity contribution in [2.24, 2.45) is 0 Å². The maximum atomic E-state index is 13.6. The maximum Gasteiger partial charge on any atom is 0.126 e. The van der Waals surface area contributed by atoms with Crippen LogP contribution in [0.4, 0.5) is 10.1 Å². The van der Waals surface area contributed by atoms with E-state index >= 15 is 0 Å². The van der Waals surface area contributed by atoms with E-state index in [4.69, 9.17) is 16.9 Å². The minimum absolute atomic E-state index is 0.114. The Morgan fingerprint density at radius 1 is 1.25 bits per heavy atom. The van der Waals surface area contributed by atoms with E-state index in [-0.39, 0.29) is 11.9 Å². The second-order valence-electron chi connectivity index (χ2n) is 4.68. The summed E-state index contributed by atoms with van der Waals surface area (Å²) in [6, 6.07) is 12.1. The van der Waals surface area contributed by atoms with E-state index in [2.05, 4.69) is 11.4 Å². The van der Waals surface area contributed by atoms with Crippen LogP contribution in [0.15, 0.2) is 36.4 Å². The van der Waals surface area contributed by atoms with Crippen LogP contribution in [-0.4, -0.2) is 0 Å². The van der Waals surface area contributed by atoms with E-state index in [1.807, 2.05) is 13.0 Å². The van der Waals surface area contributed by atoms with Gasteiger partial charge >= 0.3 is 0 Å². The Morgan fingerprint density at radius 2 is 2.00 bits per heavy atom. The van der Waals surface area contributed by atoms with Gasteiger partial charge in [-0.3, -0.25) is 0 Å². The second kappa shape index (κ2) is 5.94. The van der Waals surface area contributed by atoms with Crippen molar-refractivity contribution in [3.8, 4) is 6.07 Å². The van der Waals surface area contributed by atoms with Gasteiger partial charge in [0.1, 0.15) is 5.82 Å². The van der Waals surface area contributed by atoms with Crippen molar-refractivity contribution >= 4 is 17.3 Å². The lowest BCUT2D eigenvalue weighted by Crippen LogP contribution is -2.07. The number of hydrogen-bond acceptors (Lipinski definition) is 2. The predicted octanol–water partition coefficient (Wildman–Crippen LogP) is 4.83. The summed E-state index contributed by atoms with van der Waals surface area (Å²) in [5.41, 5.74) is 2.63. The van der Waals surface area contributed by atoms with Gasteiger partial charge in [-0.25, -0.2) is 4.39 Å². The Kier molecular flexibility index (Phi) is 4.26. The SMILES string of the molecule is Cc1ccc(C(C)Nc2cc(C#N)ccc2Cl)cc1F. The largest absolute Gasteiger partial charge is 0.377 e. The first kappa shape index (κ1) is 14.4. The molecule has 0 saturated carbocycles. The third kappa shape index (κ3) is 3.09. The molecule has 2 aromatic carbocycles. The number of nitrogens with one attached hydrogen (secondary N) is 1. The van der Waals surface area contributed by atoms with Gasteiger partial charge in [0, 0.05) is 6.04 Å². The fourth-order valence-electron chi connectivity index (χ4n) is 1.90. The number of rotatable bonds is 3. The van der Waals surface area contributed by atoms with E-state index in [0.29, 0.717) is 21.8 Å². The summed E-state index contributed by atoms with van der Waals surface area (Å²) in [6.45, 7) is 3.64. The molecular weight excluding hydrogens is 275 g/mol. The molecule has 0 radical (unpaired) electrons. The average molecular weight is 289 g/mol. The molecule has 4 heteroatoms. The zero-order valence-corrected chi connectivity index (χ0v) is 12.0. The van der Waals surface area contributed by atoms with Gasteiger partial charge in [0.05, 0.1) is 22.3 Å². The van der Waals surface area contributed by atoms with Crippen molar-refractivity contribution in [1.29, 1.82) is 5.26 Å². The smallest absolute Gasteiger partial charge is 0.126 e. The van der Waals surface area contributed by atoms with E-state index in [1.165, 1.54) is 6.07 Å². The van der Waals surface area contributed by atoms with Gasteiger partial charge in [-0.15, -0.1) is 0 Å². The van der Waals surface area contributed by atoms with E-state index in [9.17, 15) is 4.39 Å². The van der Waals surface area contributed by atoms with Crippen LogP contribution in [0.3, 0.4) is 0 Å². The lowest BCUT2D eigenvalue weighted by molar-refractivity contribution is 0.614. The van der Waals surface area contributed by atoms with Crippen molar-refractivity contribution in [3.63, 3.8) is 0 Å². The quantitative estimate of drug-likeness (QED) is 0.878. The normalized spacial score (nSPS) is 11.8. The van der Waals surface area contributed by atoms with Crippen molar-refractivity contribution in [2.45, 2.75) is 19.9 Å². The highest BCUT2D eigenvalue weighted by Crippen LogP contribution is 2.27. The zero-order valence-electron chi connectivity index (χ0n) is 11.2. The molecule has 0 saturated heterocycles. The first-order valence-corrected chi connectivity index (χ1v) is 6.61. The minimum atomic E-state index is -0.229. The summed E-state index contributed by atoms with van der Waals surface area (Å²) in [5, 5.41) is 12.6. The Labute approximate surface area is 122 Å². The van der Waals surface area contributed by atoms with Crippen molar-refractivity contribution in [1.82, 2.24) is 0 Å². The van der Waals surface area contributed by atoms with Crippen molar-refractivity contribution in [2.75, 3.05) is 5.32 Å². The molecule has 1 N–H and O–H groups in total. The van der Waals surface area contributed by atoms with Gasteiger partial charge in [0.25, 0.3) is 0 Å². The van der Waals surface area contributed by atoms with Crippen LogP contribution >= 0.6 is 11.6 Å². The molecule has 1 atom stereocenters. The molecule has 0 aliphatic heterocycles. The molecule has 2 nitrogen and oxygen atoms in total. The summed E-state index contributed by atoms with van der Waals surface area (Å²) < 4.78 is 13.6. The molecule has 0 fully saturated rings. The van der Waals surface area contributed by atoms with Gasteiger partial charge in [-0.1, -0.05) is 23.7 Å². The number of aryl methyl sites for hydroxylation is 1. The fourth-order valence-corrected chi connectivity index (χ4v) is 2.07. The topological polar surface area (TPSA) is 35.8 Å². The second-order valence-corrected chi connectivity index (χ2v) is 5.09. The Morgan fingerprint density at radius 3 is 2.65 bits per heavy atom. The van der Waals surface area contributed by atoms with Crippen LogP contribution in [0.5, 0.6) is 0 Å². The summed E-state index contributed by atoms with van der Waals surface area (Å²) in [6.07, 6.45) is 0. The van der Waals surface area contributed by atoms with E-state index in [0.717, 1.165) is 5.56 Å². The van der Waals surface area contributed by atoms with Gasteiger partial charge in [-0.05, 0) is 49.2 Å². The molecule has 1 unspecified atom stereocenters. The van der Waals surface area contributed by atoms with E-state index in [1.54, 1.807) is 31.2 Å². The fraction of sp³-hybridized carbons (Fsp3) is 0.188. The Hall–Kier alpha value is -2.05. The molecule has 20 heavy (non-hydrogen) atoms. The molecule has 0 aromatic heterocycles. The monoisotopic (exact) mass is 288 g/mol. The number of anilines is 1. The highest BCUT2D eigenvalue weighted by Gasteiger charge is 2.10. The molecule has 0 heterocycles. The Balaban J connectivity index is 2.25. The number of benzene rings is 2. The Bertz CT molecular complexity index is 677. The summed E-state index contributed by atoms with van der Waals surface area (Å²) in [5.74, 6) is -0.229. The highest BCUT2D eigenvalue weighted by atomic mass is 35.5. The van der Waals surface area contributed by atoms with Crippen LogP contribution in [0.1, 0.15) is 29.7 Å². The number of halogens is 2. The molecule has 2 rings (SSSR count). The molecular formula is C16H14ClFN2. The summed E-state index contributed by atoms with van der Waals surface area (Å²) >= 11 is 6.10. The molecule has 102 valence electrons. The third-order valence-electron chi connectivity index (χ3n) is 3.16. The van der Waals surface area contributed by atoms with Crippen LogP contribution in [0.25, 0.3) is 0 Å². The lowest BCUT2D eigenvalue weighted by Gasteiger charge is -2.17. The zero-order chi connectivity index (χ0) is 14.7. The predicted molar refractivity (Wildman–Crippen MR) is 79.3 cm³/mol. The third-order valence-corrected chi connectivity index (χ3v) is 3.49. The van der Waals surface area contributed by atoms with Gasteiger partial charge in [-0.2, -0.15) is 5.26 Å². The minimum Gasteiger partial charge on any atom is -0.377 e. The van der Waals surface area contributed by atoms with Gasteiger partial charge < -0.3 is 5.32 Å². The molecule has 0 amide bonds. The number of hydrogen-bond donors (Lipinski definition) is 1. The first-order valence-electron chi connectivity index (χ1n) is 6.23. The molecule has 0 aliphatic rings. The van der Waals surface area contributed by atoms with Crippen molar-refractivity contribution < 1.29 is 4.39 Å². The molecule has 0 aliphatic carbocycles. The van der Waals surface area contributed by atoms with Crippen LogP contribution in [0, 0.1) is 24.1 Å². The first-order chi connectivity index (χ1) is 9.51. The average Bonchev–Trinajstić information content (AvgIpc) is 2.44. The molecule has 2 aromatic rings. The summed E-state index contributed by atoms with van der Waals surface area (Å²) in [4.78, 5) is 0. The lowest BCUT2D eigenvalue weighted by atomic mass is 10.1. The van der Waals surface area contributed by atoms with Gasteiger partial charge in [0.2, 0.25) is 0 Å².